The van der Waals surface area contributed by atoms with Gasteiger partial charge in [-0.1, -0.05) is 0 Å². The van der Waals surface area contributed by atoms with Crippen LogP contribution in [0, 0.1) is 0 Å². The van der Waals surface area contributed by atoms with E-state index in [-0.39, 0.29) is 48.9 Å². The summed E-state index contributed by atoms with van der Waals surface area (Å²) in [7, 11) is 0. The van der Waals surface area contributed by atoms with E-state index in [4.69, 9.17) is 19.8 Å². The van der Waals surface area contributed by atoms with Crippen molar-refractivity contribution in [2.75, 3.05) is 0 Å². The third-order valence-electron chi connectivity index (χ3n) is 0.167. The molecule has 0 aromatic rings. The molecular formula is C2BaO4. The molecule has 0 aromatic carbocycles. The summed E-state index contributed by atoms with van der Waals surface area (Å²) >= 11 is 0. The molecule has 0 amide bonds. The number of carbonyl (C=O) groups is 2. The van der Waals surface area contributed by atoms with E-state index in [9.17, 15) is 0 Å². The van der Waals surface area contributed by atoms with Crippen LogP contribution in [0.15, 0.2) is 0 Å². The second-order valence-electron chi connectivity index (χ2n) is 0.575. The van der Waals surface area contributed by atoms with Crippen LogP contribution in [0.1, 0.15) is 0 Å². The van der Waals surface area contributed by atoms with E-state index in [1.165, 1.54) is 0 Å². The maximum atomic E-state index is 8.93. The van der Waals surface area contributed by atoms with Crippen LogP contribution in [0.25, 0.3) is 0 Å². The second-order valence-corrected chi connectivity index (χ2v) is 0.575. The Morgan fingerprint density at radius 1 is 1.00 bits per heavy atom. The number of carbonyl (C=O) groups excluding carboxylic acids is 2. The first kappa shape index (κ1) is 10.5. The van der Waals surface area contributed by atoms with Crippen molar-refractivity contribution in [2.24, 2.45) is 0 Å². The second kappa shape index (κ2) is 4.67. The van der Waals surface area contributed by atoms with Gasteiger partial charge in [0.2, 0.25) is 0 Å². The smallest absolute Gasteiger partial charge is 0.543 e. The molecule has 0 N–H and O–H groups in total. The number of hydrogen-bond donors (Lipinski definition) is 0. The zero-order valence-corrected chi connectivity index (χ0v) is 7.78. The maximum absolute atomic E-state index is 8.93. The van der Waals surface area contributed by atoms with E-state index in [1.807, 2.05) is 0 Å². The van der Waals surface area contributed by atoms with Gasteiger partial charge in [-0.05, 0) is 0 Å². The summed E-state index contributed by atoms with van der Waals surface area (Å²) < 4.78 is 0. The van der Waals surface area contributed by atoms with E-state index in [2.05, 4.69) is 0 Å². The summed E-state index contributed by atoms with van der Waals surface area (Å²) in [5.74, 6) is -4.37. The van der Waals surface area contributed by atoms with E-state index in [1.54, 1.807) is 0 Å². The fourth-order valence-electron chi connectivity index (χ4n) is 0. The Kier molecular flexibility index (Phi) is 6.99. The maximum Gasteiger partial charge on any atom is 2.00 e. The molecule has 34 valence electrons. The van der Waals surface area contributed by atoms with E-state index >= 15 is 0 Å². The monoisotopic (exact) mass is 226 g/mol. The molecule has 0 aliphatic heterocycles. The van der Waals surface area contributed by atoms with Gasteiger partial charge >= 0.3 is 48.9 Å². The van der Waals surface area contributed by atoms with Gasteiger partial charge in [-0.25, -0.2) is 0 Å². The predicted molar refractivity (Wildman–Crippen MR) is 15.8 cm³/mol. The van der Waals surface area contributed by atoms with Crippen LogP contribution in [-0.4, -0.2) is 60.8 Å². The third-order valence-corrected chi connectivity index (χ3v) is 0.167. The number of carboxylic acids is 2. The summed E-state index contributed by atoms with van der Waals surface area (Å²) in [6, 6.07) is 0. The van der Waals surface area contributed by atoms with Gasteiger partial charge in [-0.15, -0.1) is 0 Å². The van der Waals surface area contributed by atoms with Crippen molar-refractivity contribution in [1.82, 2.24) is 0 Å². The summed E-state index contributed by atoms with van der Waals surface area (Å²) in [5, 5.41) is 17.9. The normalized spacial score (nSPS) is 6.29. The molecule has 0 aliphatic rings. The van der Waals surface area contributed by atoms with Gasteiger partial charge in [-0.3, -0.25) is 0 Å². The van der Waals surface area contributed by atoms with Crippen LogP contribution in [0.4, 0.5) is 0 Å². The molecule has 5 heteroatoms. The first-order valence-corrected chi connectivity index (χ1v) is 1.07. The largest absolute Gasteiger partial charge is 2.00 e. The number of carboxylic acid groups (broad SMARTS) is 2. The minimum absolute atomic E-state index is 0. The molecule has 0 atom stereocenters. The predicted octanol–water partition coefficient (Wildman–Crippen LogP) is -3.89. The topological polar surface area (TPSA) is 80.3 Å². The van der Waals surface area contributed by atoms with Gasteiger partial charge in [0.1, 0.15) is 0 Å². The summed E-state index contributed by atoms with van der Waals surface area (Å²) in [4.78, 5) is 17.9. The number of rotatable bonds is 0. The summed E-state index contributed by atoms with van der Waals surface area (Å²) in [6.45, 7) is 0. The average molecular weight is 225 g/mol. The molecular weight excluding hydrogens is 225 g/mol. The Morgan fingerprint density at radius 3 is 1.14 bits per heavy atom. The van der Waals surface area contributed by atoms with Gasteiger partial charge < -0.3 is 19.8 Å². The quantitative estimate of drug-likeness (QED) is 0.312. The van der Waals surface area contributed by atoms with Crippen LogP contribution in [0.5, 0.6) is 0 Å². The van der Waals surface area contributed by atoms with Crippen LogP contribution >= 0.6 is 0 Å². The zero-order chi connectivity index (χ0) is 5.15. The van der Waals surface area contributed by atoms with Gasteiger partial charge in [0.25, 0.3) is 0 Å². The molecule has 0 saturated carbocycles. The molecule has 0 bridgehead atoms. The fraction of sp³-hybridized carbons (Fsp3) is 0. The third kappa shape index (κ3) is 6.51. The molecule has 0 spiro atoms. The van der Waals surface area contributed by atoms with Gasteiger partial charge in [0.05, 0.1) is 11.9 Å². The Labute approximate surface area is 79.6 Å². The molecule has 0 radical (unpaired) electrons. The van der Waals surface area contributed by atoms with Gasteiger partial charge in [0.15, 0.2) is 0 Å². The minimum Gasteiger partial charge on any atom is -0.543 e. The van der Waals surface area contributed by atoms with E-state index in [0.29, 0.717) is 0 Å². The summed E-state index contributed by atoms with van der Waals surface area (Å²) in [5.41, 5.74) is 0. The van der Waals surface area contributed by atoms with Gasteiger partial charge in [-0.2, -0.15) is 0 Å². The molecule has 0 aromatic heterocycles. The first-order valence-electron chi connectivity index (χ1n) is 1.07. The van der Waals surface area contributed by atoms with Crippen molar-refractivity contribution in [1.29, 1.82) is 0 Å². The molecule has 0 aliphatic carbocycles. The first-order chi connectivity index (χ1) is 2.64. The molecule has 7 heavy (non-hydrogen) atoms. The Morgan fingerprint density at radius 2 is 1.14 bits per heavy atom. The van der Waals surface area contributed by atoms with E-state index in [0.717, 1.165) is 0 Å². The fourth-order valence-corrected chi connectivity index (χ4v) is 0. The van der Waals surface area contributed by atoms with E-state index < -0.39 is 11.9 Å². The van der Waals surface area contributed by atoms with Crippen molar-refractivity contribution in [2.45, 2.75) is 0 Å². The summed E-state index contributed by atoms with van der Waals surface area (Å²) in [6.07, 6.45) is 0. The molecule has 4 nitrogen and oxygen atoms in total. The molecule has 0 rings (SSSR count). The molecule has 0 unspecified atom stereocenters. The Hall–Kier alpha value is 0.511. The average Bonchev–Trinajstić information content (AvgIpc) is 1.36. The molecule has 0 heterocycles. The number of hydrogen-bond acceptors (Lipinski definition) is 4. The van der Waals surface area contributed by atoms with Crippen molar-refractivity contribution in [3.05, 3.63) is 0 Å². The van der Waals surface area contributed by atoms with Crippen LogP contribution in [0.2, 0.25) is 0 Å². The molecule has 0 fully saturated rings. The Balaban J connectivity index is 0. The van der Waals surface area contributed by atoms with Crippen molar-refractivity contribution < 1.29 is 19.8 Å². The van der Waals surface area contributed by atoms with Crippen LogP contribution in [-0.2, 0) is 9.59 Å². The van der Waals surface area contributed by atoms with Crippen molar-refractivity contribution >= 4 is 60.8 Å². The van der Waals surface area contributed by atoms with Crippen LogP contribution in [0.3, 0.4) is 0 Å². The van der Waals surface area contributed by atoms with Crippen LogP contribution < -0.4 is 10.2 Å². The SMILES string of the molecule is O=C([O-])C(=O)[O-].[Ba+2]. The van der Waals surface area contributed by atoms with Crippen molar-refractivity contribution in [3.8, 4) is 0 Å². The zero-order valence-electron chi connectivity index (χ0n) is 3.34. The standard InChI is InChI=1S/C2H2O4.Ba/c3-1(4)2(5)6;/h(H,3,4)(H,5,6);/q;+2/p-2. The number of aliphatic carboxylic acids is 2. The minimum atomic E-state index is -2.19. The molecule has 0 saturated heterocycles. The Bertz CT molecular complexity index is 75.7. The van der Waals surface area contributed by atoms with Gasteiger partial charge in [0, 0.05) is 0 Å². The van der Waals surface area contributed by atoms with Crippen molar-refractivity contribution in [3.63, 3.8) is 0 Å².